The first-order valence-corrected chi connectivity index (χ1v) is 9.36. The second-order valence-corrected chi connectivity index (χ2v) is 7.79. The minimum atomic E-state index is -0.597. The van der Waals surface area contributed by atoms with Crippen LogP contribution in [-0.4, -0.2) is 26.1 Å². The molecule has 0 saturated heterocycles. The molecule has 1 aliphatic heterocycles. The van der Waals surface area contributed by atoms with Gasteiger partial charge in [0.25, 0.3) is 5.69 Å². The fourth-order valence-electron chi connectivity index (χ4n) is 5.76. The maximum atomic E-state index is 11.6. The number of hydrogen-bond acceptors (Lipinski definition) is 5. The van der Waals surface area contributed by atoms with Gasteiger partial charge < -0.3 is 0 Å². The number of nitrogens with zero attached hydrogens (tertiary/aromatic N) is 4. The van der Waals surface area contributed by atoms with E-state index < -0.39 is 9.85 Å². The molecular formula is C18H23N4O4+. The van der Waals surface area contributed by atoms with Gasteiger partial charge >= 0.3 is 11.4 Å². The summed E-state index contributed by atoms with van der Waals surface area (Å²) >= 11 is 0. The molecule has 0 aromatic heterocycles. The summed E-state index contributed by atoms with van der Waals surface area (Å²) in [6.07, 6.45) is 5.35. The molecule has 0 spiro atoms. The predicted molar refractivity (Wildman–Crippen MR) is 93.5 cm³/mol. The van der Waals surface area contributed by atoms with Crippen molar-refractivity contribution in [3.05, 3.63) is 38.4 Å². The first-order valence-electron chi connectivity index (χ1n) is 9.36. The third-order valence-corrected chi connectivity index (χ3v) is 6.92. The van der Waals surface area contributed by atoms with Gasteiger partial charge in [0.1, 0.15) is 11.6 Å². The van der Waals surface area contributed by atoms with Gasteiger partial charge in [-0.1, -0.05) is 18.5 Å². The molecule has 138 valence electrons. The van der Waals surface area contributed by atoms with E-state index in [0.29, 0.717) is 23.4 Å². The second kappa shape index (κ2) is 5.82. The number of benzene rings is 1. The molecule has 2 aliphatic carbocycles. The average Bonchev–Trinajstić information content (AvgIpc) is 3.32. The van der Waals surface area contributed by atoms with Gasteiger partial charge in [0.05, 0.1) is 15.8 Å². The molecule has 1 aromatic rings. The normalized spacial score (nSPS) is 30.9. The van der Waals surface area contributed by atoms with Crippen molar-refractivity contribution in [3.63, 3.8) is 0 Å². The lowest BCUT2D eigenvalue weighted by atomic mass is 9.70. The molecule has 4 rings (SSSR count). The van der Waals surface area contributed by atoms with Crippen LogP contribution in [0, 0.1) is 38.0 Å². The number of hydrogen-bond donors (Lipinski definition) is 0. The molecule has 4 atom stereocenters. The molecule has 8 heteroatoms. The molecule has 3 aliphatic rings. The zero-order valence-corrected chi connectivity index (χ0v) is 15.0. The Morgan fingerprint density at radius 1 is 1.15 bits per heavy atom. The van der Waals surface area contributed by atoms with E-state index in [9.17, 15) is 20.2 Å². The first-order chi connectivity index (χ1) is 12.4. The van der Waals surface area contributed by atoms with Gasteiger partial charge in [-0.3, -0.25) is 20.2 Å². The van der Waals surface area contributed by atoms with E-state index in [-0.39, 0.29) is 23.0 Å². The van der Waals surface area contributed by atoms with Crippen LogP contribution < -0.4 is 0 Å². The first kappa shape index (κ1) is 17.1. The van der Waals surface area contributed by atoms with Crippen LogP contribution in [0.25, 0.3) is 0 Å². The SMILES string of the molecule is CCC1(CC)N=[N+](c2ccc([N+](=O)[O-])cc2[N+](=O)[O-])[C@H]2[C@@H]3CC[C@@H](C3)[C@H]21. The number of nitro benzene ring substituents is 2. The number of nitro groups is 2. The number of rotatable bonds is 5. The number of azo groups is 2. The highest BCUT2D eigenvalue weighted by atomic mass is 16.6. The third kappa shape index (κ3) is 2.20. The van der Waals surface area contributed by atoms with Gasteiger partial charge in [0.15, 0.2) is 6.04 Å². The van der Waals surface area contributed by atoms with Crippen LogP contribution in [0.1, 0.15) is 46.0 Å². The van der Waals surface area contributed by atoms with Crippen molar-refractivity contribution in [2.45, 2.75) is 57.5 Å². The molecule has 0 unspecified atom stereocenters. The molecule has 0 radical (unpaired) electrons. The molecular weight excluding hydrogens is 336 g/mol. The van der Waals surface area contributed by atoms with Crippen LogP contribution in [0.5, 0.6) is 0 Å². The molecule has 1 heterocycles. The highest BCUT2D eigenvalue weighted by Crippen LogP contribution is 2.60. The summed E-state index contributed by atoms with van der Waals surface area (Å²) in [6.45, 7) is 4.29. The standard InChI is InChI=1S/C18H23N4O4/c1-3-18(4-2)16-11-5-6-12(9-11)17(16)20(19-18)14-8-7-13(21(23)24)10-15(14)22(25)26/h7-8,10-12,16-17H,3-6,9H2,1-2H3/q+1/t11-,12+,16+,17-/m0/s1. The highest BCUT2D eigenvalue weighted by molar-refractivity contribution is 5.58. The minimum Gasteiger partial charge on any atom is -0.258 e. The average molecular weight is 359 g/mol. The maximum Gasteiger partial charge on any atom is 0.349 e. The summed E-state index contributed by atoms with van der Waals surface area (Å²) in [6, 6.07) is 4.08. The van der Waals surface area contributed by atoms with E-state index >= 15 is 0 Å². The second-order valence-electron chi connectivity index (χ2n) is 7.79. The summed E-state index contributed by atoms with van der Waals surface area (Å²) in [5, 5.41) is 27.7. The van der Waals surface area contributed by atoms with E-state index in [4.69, 9.17) is 5.11 Å². The van der Waals surface area contributed by atoms with Crippen molar-refractivity contribution in [3.8, 4) is 0 Å². The Balaban J connectivity index is 1.87. The number of non-ortho nitro benzene ring substituents is 1. The van der Waals surface area contributed by atoms with Crippen molar-refractivity contribution in [1.82, 2.24) is 0 Å². The Morgan fingerprint density at radius 2 is 1.85 bits per heavy atom. The van der Waals surface area contributed by atoms with Crippen molar-refractivity contribution in [1.29, 1.82) is 0 Å². The number of fused-ring (bicyclic) bond motifs is 5. The summed E-state index contributed by atoms with van der Waals surface area (Å²) in [5.74, 6) is 1.56. The Hall–Kier alpha value is -2.38. The van der Waals surface area contributed by atoms with E-state index in [2.05, 4.69) is 13.8 Å². The fourth-order valence-corrected chi connectivity index (χ4v) is 5.76. The van der Waals surface area contributed by atoms with Crippen LogP contribution in [0.2, 0.25) is 0 Å². The Bertz CT molecular complexity index is 817. The molecule has 2 saturated carbocycles. The van der Waals surface area contributed by atoms with E-state index in [0.717, 1.165) is 25.3 Å². The zero-order chi connectivity index (χ0) is 18.6. The van der Waals surface area contributed by atoms with Crippen LogP contribution in [0.4, 0.5) is 17.1 Å². The maximum absolute atomic E-state index is 11.6. The van der Waals surface area contributed by atoms with Crippen LogP contribution >= 0.6 is 0 Å². The fraction of sp³-hybridized carbons (Fsp3) is 0.667. The van der Waals surface area contributed by atoms with Crippen LogP contribution in [0.3, 0.4) is 0 Å². The Labute approximate surface area is 151 Å². The van der Waals surface area contributed by atoms with Crippen molar-refractivity contribution in [2.75, 3.05) is 0 Å². The molecule has 8 nitrogen and oxygen atoms in total. The lowest BCUT2D eigenvalue weighted by molar-refractivity contribution is -0.555. The van der Waals surface area contributed by atoms with Gasteiger partial charge in [-0.05, 0) is 43.1 Å². The summed E-state index contributed by atoms with van der Waals surface area (Å²) < 4.78 is 1.86. The van der Waals surface area contributed by atoms with Gasteiger partial charge in [-0.2, -0.15) is 0 Å². The summed E-state index contributed by atoms with van der Waals surface area (Å²) in [7, 11) is 0. The van der Waals surface area contributed by atoms with Crippen LogP contribution in [0.15, 0.2) is 23.3 Å². The van der Waals surface area contributed by atoms with E-state index in [1.165, 1.54) is 25.0 Å². The molecule has 0 N–H and O–H groups in total. The molecule has 1 aromatic carbocycles. The van der Waals surface area contributed by atoms with E-state index in [1.807, 2.05) is 4.70 Å². The smallest absolute Gasteiger partial charge is 0.258 e. The topological polar surface area (TPSA) is 102 Å². The van der Waals surface area contributed by atoms with E-state index in [1.54, 1.807) is 0 Å². The molecule has 2 bridgehead atoms. The molecule has 0 amide bonds. The van der Waals surface area contributed by atoms with Crippen molar-refractivity contribution in [2.24, 2.45) is 22.9 Å². The highest BCUT2D eigenvalue weighted by Gasteiger charge is 2.67. The van der Waals surface area contributed by atoms with Crippen molar-refractivity contribution < 1.29 is 14.5 Å². The lowest BCUT2D eigenvalue weighted by Gasteiger charge is -2.31. The summed E-state index contributed by atoms with van der Waals surface area (Å²) in [4.78, 5) is 21.5. The summed E-state index contributed by atoms with van der Waals surface area (Å²) in [5.41, 5.74) is -0.277. The Kier molecular flexibility index (Phi) is 3.82. The van der Waals surface area contributed by atoms with Gasteiger partial charge in [-0.15, -0.1) is 0 Å². The quantitative estimate of drug-likeness (QED) is 0.436. The van der Waals surface area contributed by atoms with Crippen molar-refractivity contribution >= 4 is 17.1 Å². The Morgan fingerprint density at radius 3 is 2.46 bits per heavy atom. The van der Waals surface area contributed by atoms with Gasteiger partial charge in [0, 0.05) is 18.1 Å². The monoisotopic (exact) mass is 359 g/mol. The zero-order valence-electron chi connectivity index (χ0n) is 15.0. The predicted octanol–water partition coefficient (Wildman–Crippen LogP) is 4.59. The largest absolute Gasteiger partial charge is 0.349 e. The molecule has 2 fully saturated rings. The minimum absolute atomic E-state index is 0.175. The lowest BCUT2D eigenvalue weighted by Crippen LogP contribution is -2.41. The van der Waals surface area contributed by atoms with Gasteiger partial charge in [0.2, 0.25) is 0 Å². The van der Waals surface area contributed by atoms with Crippen LogP contribution in [-0.2, 0) is 0 Å². The third-order valence-electron chi connectivity index (χ3n) is 6.92. The van der Waals surface area contributed by atoms with Gasteiger partial charge in [-0.25, -0.2) is 0 Å². The molecule has 26 heavy (non-hydrogen) atoms.